The van der Waals surface area contributed by atoms with E-state index in [9.17, 15) is 5.11 Å². The Labute approximate surface area is 181 Å². The molecular weight excluding hydrogens is 392 g/mol. The predicted molar refractivity (Wildman–Crippen MR) is 125 cm³/mol. The van der Waals surface area contributed by atoms with Crippen LogP contribution in [0.3, 0.4) is 0 Å². The van der Waals surface area contributed by atoms with Gasteiger partial charge in [0.1, 0.15) is 0 Å². The van der Waals surface area contributed by atoms with Crippen LogP contribution < -0.4 is 4.90 Å². The van der Waals surface area contributed by atoms with E-state index in [4.69, 9.17) is 9.73 Å². The first-order valence-electron chi connectivity index (χ1n) is 9.82. The molecule has 0 bridgehead atoms. The standard InChI is InChI=1S/C25H24N2O2S/c1-29-18-21-12-8-11-20(15-21)16-23-24(28)27(22-13-6-3-7-14-22)25(30-23)26-17-19-9-4-2-5-10-19/h2-16,24,28H,17-18H2,1H3/b23-16-,26-25?. The lowest BCUT2D eigenvalue weighted by Crippen LogP contribution is -2.33. The van der Waals surface area contributed by atoms with Gasteiger partial charge in [0.25, 0.3) is 0 Å². The largest absolute Gasteiger partial charge is 0.380 e. The zero-order chi connectivity index (χ0) is 20.8. The summed E-state index contributed by atoms with van der Waals surface area (Å²) in [7, 11) is 1.69. The molecule has 1 N–H and O–H groups in total. The van der Waals surface area contributed by atoms with Crippen LogP contribution >= 0.6 is 11.8 Å². The van der Waals surface area contributed by atoms with Gasteiger partial charge in [-0.25, -0.2) is 0 Å². The number of ether oxygens (including phenoxy) is 1. The van der Waals surface area contributed by atoms with Crippen LogP contribution in [-0.4, -0.2) is 23.6 Å². The molecule has 4 nitrogen and oxygen atoms in total. The van der Waals surface area contributed by atoms with Crippen molar-refractivity contribution in [3.8, 4) is 0 Å². The summed E-state index contributed by atoms with van der Waals surface area (Å²) in [5, 5.41) is 11.9. The van der Waals surface area contributed by atoms with Crippen molar-refractivity contribution in [2.24, 2.45) is 4.99 Å². The van der Waals surface area contributed by atoms with E-state index >= 15 is 0 Å². The van der Waals surface area contributed by atoms with Gasteiger partial charge in [-0.1, -0.05) is 78.5 Å². The van der Waals surface area contributed by atoms with Gasteiger partial charge in [0.2, 0.25) is 0 Å². The van der Waals surface area contributed by atoms with Crippen molar-refractivity contribution in [2.75, 3.05) is 12.0 Å². The Morgan fingerprint density at radius 3 is 2.40 bits per heavy atom. The molecule has 0 aliphatic carbocycles. The highest BCUT2D eigenvalue weighted by Crippen LogP contribution is 2.39. The van der Waals surface area contributed by atoms with Crippen molar-refractivity contribution >= 4 is 28.7 Å². The van der Waals surface area contributed by atoms with Gasteiger partial charge in [0.15, 0.2) is 11.4 Å². The number of nitrogens with zero attached hydrogens (tertiary/aromatic N) is 2. The topological polar surface area (TPSA) is 45.1 Å². The number of aliphatic hydroxyl groups excluding tert-OH is 1. The third-order valence-electron chi connectivity index (χ3n) is 4.76. The lowest BCUT2D eigenvalue weighted by Gasteiger charge is -2.22. The van der Waals surface area contributed by atoms with E-state index < -0.39 is 6.23 Å². The highest BCUT2D eigenvalue weighted by molar-refractivity contribution is 8.18. The Bertz CT molecular complexity index is 1040. The van der Waals surface area contributed by atoms with Crippen LogP contribution in [0.4, 0.5) is 5.69 Å². The summed E-state index contributed by atoms with van der Waals surface area (Å²) in [6, 6.07) is 28.2. The molecule has 1 unspecified atom stereocenters. The van der Waals surface area contributed by atoms with Gasteiger partial charge in [-0.3, -0.25) is 9.89 Å². The molecule has 0 amide bonds. The zero-order valence-electron chi connectivity index (χ0n) is 16.8. The van der Waals surface area contributed by atoms with E-state index in [1.807, 2.05) is 77.7 Å². The molecule has 1 aliphatic rings. The van der Waals surface area contributed by atoms with Gasteiger partial charge in [0, 0.05) is 17.7 Å². The molecule has 0 spiro atoms. The zero-order valence-corrected chi connectivity index (χ0v) is 17.6. The minimum Gasteiger partial charge on any atom is -0.380 e. The molecule has 1 saturated heterocycles. The number of para-hydroxylation sites is 1. The summed E-state index contributed by atoms with van der Waals surface area (Å²) in [5.74, 6) is 0. The average Bonchev–Trinajstić information content (AvgIpc) is 3.09. The van der Waals surface area contributed by atoms with E-state index in [0.29, 0.717) is 13.2 Å². The maximum absolute atomic E-state index is 11.1. The number of hydrogen-bond donors (Lipinski definition) is 1. The van der Waals surface area contributed by atoms with Crippen LogP contribution in [0, 0.1) is 0 Å². The number of aliphatic hydroxyl groups is 1. The summed E-state index contributed by atoms with van der Waals surface area (Å²) in [6.07, 6.45) is 1.24. The first kappa shape index (κ1) is 20.4. The average molecular weight is 417 g/mol. The molecule has 1 heterocycles. The Hall–Kier alpha value is -2.86. The summed E-state index contributed by atoms with van der Waals surface area (Å²) in [5.41, 5.74) is 4.18. The highest BCUT2D eigenvalue weighted by atomic mass is 32.2. The van der Waals surface area contributed by atoms with Gasteiger partial charge in [-0.2, -0.15) is 0 Å². The van der Waals surface area contributed by atoms with E-state index in [1.54, 1.807) is 7.11 Å². The Morgan fingerprint density at radius 1 is 0.967 bits per heavy atom. The van der Waals surface area contributed by atoms with Gasteiger partial charge in [0.05, 0.1) is 13.2 Å². The number of anilines is 1. The molecule has 1 aliphatic heterocycles. The minimum atomic E-state index is -0.780. The number of amidine groups is 1. The molecule has 0 saturated carbocycles. The van der Waals surface area contributed by atoms with E-state index in [1.165, 1.54) is 11.8 Å². The normalized spacial score (nSPS) is 19.0. The van der Waals surface area contributed by atoms with Gasteiger partial charge >= 0.3 is 0 Å². The molecule has 0 aromatic heterocycles. The van der Waals surface area contributed by atoms with Crippen molar-refractivity contribution in [3.05, 3.63) is 107 Å². The van der Waals surface area contributed by atoms with Crippen molar-refractivity contribution in [2.45, 2.75) is 19.4 Å². The summed E-state index contributed by atoms with van der Waals surface area (Å²) >= 11 is 1.51. The fraction of sp³-hybridized carbons (Fsp3) is 0.160. The minimum absolute atomic E-state index is 0.562. The van der Waals surface area contributed by atoms with Gasteiger partial charge < -0.3 is 9.84 Å². The molecule has 1 fully saturated rings. The molecule has 3 aromatic carbocycles. The first-order valence-corrected chi connectivity index (χ1v) is 10.6. The van der Waals surface area contributed by atoms with E-state index in [-0.39, 0.29) is 0 Å². The second-order valence-electron chi connectivity index (χ2n) is 6.99. The van der Waals surface area contributed by atoms with Gasteiger partial charge in [-0.15, -0.1) is 0 Å². The number of rotatable bonds is 6. The molecule has 5 heteroatoms. The molecule has 152 valence electrons. The van der Waals surface area contributed by atoms with Crippen LogP contribution in [0.5, 0.6) is 0 Å². The van der Waals surface area contributed by atoms with Crippen LogP contribution in [0.15, 0.2) is 94.8 Å². The molecule has 0 radical (unpaired) electrons. The highest BCUT2D eigenvalue weighted by Gasteiger charge is 2.34. The maximum atomic E-state index is 11.1. The van der Waals surface area contributed by atoms with Crippen LogP contribution in [0.25, 0.3) is 6.08 Å². The number of aliphatic imine (C=N–C) groups is 1. The molecular formula is C25H24N2O2S. The lowest BCUT2D eigenvalue weighted by atomic mass is 10.1. The van der Waals surface area contributed by atoms with Crippen molar-refractivity contribution in [1.82, 2.24) is 0 Å². The van der Waals surface area contributed by atoms with E-state index in [2.05, 4.69) is 18.2 Å². The summed E-state index contributed by atoms with van der Waals surface area (Å²) < 4.78 is 5.24. The molecule has 3 aromatic rings. The lowest BCUT2D eigenvalue weighted by molar-refractivity contribution is 0.185. The van der Waals surface area contributed by atoms with Crippen LogP contribution in [-0.2, 0) is 17.9 Å². The number of benzene rings is 3. The molecule has 30 heavy (non-hydrogen) atoms. The Balaban J connectivity index is 1.66. The Morgan fingerprint density at radius 2 is 1.67 bits per heavy atom. The number of hydrogen-bond acceptors (Lipinski definition) is 4. The fourth-order valence-corrected chi connectivity index (χ4v) is 4.39. The SMILES string of the molecule is COCc1cccc(/C=C2\SC(=NCc3ccccc3)N(c3ccccc3)C2O)c1. The third-order valence-corrected chi connectivity index (χ3v) is 5.83. The number of thioether (sulfide) groups is 1. The van der Waals surface area contributed by atoms with Crippen molar-refractivity contribution in [3.63, 3.8) is 0 Å². The molecule has 4 rings (SSSR count). The first-order chi connectivity index (χ1) is 14.7. The predicted octanol–water partition coefficient (Wildman–Crippen LogP) is 5.30. The second kappa shape index (κ2) is 9.76. The number of methoxy groups -OCH3 is 1. The summed E-state index contributed by atoms with van der Waals surface area (Å²) in [6.45, 7) is 1.13. The van der Waals surface area contributed by atoms with E-state index in [0.717, 1.165) is 32.5 Å². The summed E-state index contributed by atoms with van der Waals surface area (Å²) in [4.78, 5) is 7.56. The molecule has 1 atom stereocenters. The van der Waals surface area contributed by atoms with Gasteiger partial charge in [-0.05, 0) is 41.0 Å². The monoisotopic (exact) mass is 416 g/mol. The van der Waals surface area contributed by atoms with Crippen LogP contribution in [0.2, 0.25) is 0 Å². The second-order valence-corrected chi connectivity index (χ2v) is 8.03. The Kier molecular flexibility index (Phi) is 6.64. The van der Waals surface area contributed by atoms with Crippen molar-refractivity contribution < 1.29 is 9.84 Å². The third kappa shape index (κ3) is 4.82. The quantitative estimate of drug-likeness (QED) is 0.592. The maximum Gasteiger partial charge on any atom is 0.171 e. The van der Waals surface area contributed by atoms with Crippen molar-refractivity contribution in [1.29, 1.82) is 0 Å². The smallest absolute Gasteiger partial charge is 0.171 e. The fourth-order valence-electron chi connectivity index (χ4n) is 3.34. The van der Waals surface area contributed by atoms with Crippen LogP contribution in [0.1, 0.15) is 16.7 Å².